The van der Waals surface area contributed by atoms with Crippen molar-refractivity contribution in [2.45, 2.75) is 32.4 Å². The Morgan fingerprint density at radius 2 is 2.00 bits per heavy atom. The lowest BCUT2D eigenvalue weighted by Crippen LogP contribution is -2.38. The Kier molecular flexibility index (Phi) is 5.49. The molecule has 0 saturated heterocycles. The average Bonchev–Trinajstić information content (AvgIpc) is 2.29. The number of rotatable bonds is 6. The topological polar surface area (TPSA) is 64.3 Å². The highest BCUT2D eigenvalue weighted by Crippen LogP contribution is 2.10. The number of carbonyl (C=O) groups is 1. The molecular formula is C13H20N2O2. The van der Waals surface area contributed by atoms with Gasteiger partial charge in [-0.3, -0.25) is 4.79 Å². The minimum atomic E-state index is -0.495. The van der Waals surface area contributed by atoms with Crippen LogP contribution in [0, 0.1) is 0 Å². The van der Waals surface area contributed by atoms with Crippen LogP contribution in [-0.4, -0.2) is 24.6 Å². The van der Waals surface area contributed by atoms with E-state index in [-0.39, 0.29) is 11.9 Å². The zero-order valence-electron chi connectivity index (χ0n) is 10.3. The van der Waals surface area contributed by atoms with Gasteiger partial charge < -0.3 is 15.8 Å². The van der Waals surface area contributed by atoms with E-state index in [0.29, 0.717) is 12.3 Å². The molecule has 2 atom stereocenters. The highest BCUT2D eigenvalue weighted by molar-refractivity contribution is 5.80. The molecule has 0 saturated carbocycles. The van der Waals surface area contributed by atoms with Gasteiger partial charge in [-0.05, 0) is 32.4 Å². The molecule has 17 heavy (non-hydrogen) atoms. The number of amides is 1. The number of nitrogens with two attached hydrogens (primary N) is 1. The number of nitrogens with one attached hydrogen (secondary N) is 1. The first kappa shape index (κ1) is 13.5. The summed E-state index contributed by atoms with van der Waals surface area (Å²) in [6, 6.07) is 9.39. The summed E-state index contributed by atoms with van der Waals surface area (Å²) in [4.78, 5) is 11.7. The number of para-hydroxylation sites is 1. The van der Waals surface area contributed by atoms with Gasteiger partial charge in [0.1, 0.15) is 5.75 Å². The van der Waals surface area contributed by atoms with E-state index in [4.69, 9.17) is 10.5 Å². The van der Waals surface area contributed by atoms with Crippen LogP contribution in [0.25, 0.3) is 0 Å². The van der Waals surface area contributed by atoms with Gasteiger partial charge in [0.15, 0.2) is 6.10 Å². The van der Waals surface area contributed by atoms with Gasteiger partial charge in [-0.25, -0.2) is 0 Å². The molecule has 94 valence electrons. The highest BCUT2D eigenvalue weighted by atomic mass is 16.5. The summed E-state index contributed by atoms with van der Waals surface area (Å²) in [5.74, 6) is 0.580. The first-order valence-corrected chi connectivity index (χ1v) is 5.84. The molecule has 2 unspecified atom stereocenters. The minimum absolute atomic E-state index is 0.0978. The van der Waals surface area contributed by atoms with E-state index in [1.807, 2.05) is 37.3 Å². The van der Waals surface area contributed by atoms with Gasteiger partial charge in [-0.15, -0.1) is 0 Å². The predicted molar refractivity (Wildman–Crippen MR) is 67.8 cm³/mol. The fraction of sp³-hybridized carbons (Fsp3) is 0.462. The third-order valence-corrected chi connectivity index (χ3v) is 2.32. The molecule has 0 aliphatic carbocycles. The van der Waals surface area contributed by atoms with Crippen molar-refractivity contribution in [1.82, 2.24) is 5.32 Å². The van der Waals surface area contributed by atoms with Gasteiger partial charge in [-0.2, -0.15) is 0 Å². The summed E-state index contributed by atoms with van der Waals surface area (Å²) < 4.78 is 5.49. The molecule has 0 aliphatic heterocycles. The van der Waals surface area contributed by atoms with E-state index in [2.05, 4.69) is 5.32 Å². The van der Waals surface area contributed by atoms with Crippen LogP contribution in [0.5, 0.6) is 5.75 Å². The van der Waals surface area contributed by atoms with Crippen molar-refractivity contribution in [1.29, 1.82) is 0 Å². The quantitative estimate of drug-likeness (QED) is 0.782. The van der Waals surface area contributed by atoms with Crippen LogP contribution in [0.1, 0.15) is 20.3 Å². The van der Waals surface area contributed by atoms with Crippen LogP contribution >= 0.6 is 0 Å². The number of benzene rings is 1. The fourth-order valence-electron chi connectivity index (χ4n) is 1.32. The van der Waals surface area contributed by atoms with Crippen molar-refractivity contribution in [2.75, 3.05) is 6.54 Å². The van der Waals surface area contributed by atoms with Gasteiger partial charge in [0, 0.05) is 12.6 Å². The van der Waals surface area contributed by atoms with Crippen LogP contribution in [0.3, 0.4) is 0 Å². The Hall–Kier alpha value is -1.55. The molecule has 0 aliphatic rings. The summed E-state index contributed by atoms with van der Waals surface area (Å²) in [5.41, 5.74) is 5.60. The second kappa shape index (κ2) is 6.91. The molecule has 4 nitrogen and oxygen atoms in total. The maximum atomic E-state index is 11.7. The molecule has 1 aromatic carbocycles. The summed E-state index contributed by atoms with van der Waals surface area (Å²) >= 11 is 0. The maximum absolute atomic E-state index is 11.7. The van der Waals surface area contributed by atoms with Crippen LogP contribution in [0.2, 0.25) is 0 Å². The normalized spacial score (nSPS) is 13.8. The third kappa shape index (κ3) is 5.36. The second-order valence-electron chi connectivity index (χ2n) is 4.13. The minimum Gasteiger partial charge on any atom is -0.481 e. The maximum Gasteiger partial charge on any atom is 0.260 e. The number of carbonyl (C=O) groups excluding carboxylic acids is 1. The second-order valence-corrected chi connectivity index (χ2v) is 4.13. The van der Waals surface area contributed by atoms with Crippen molar-refractivity contribution in [3.05, 3.63) is 30.3 Å². The molecule has 0 fully saturated rings. The first-order chi connectivity index (χ1) is 8.09. The largest absolute Gasteiger partial charge is 0.481 e. The molecule has 3 N–H and O–H groups in total. The summed E-state index contributed by atoms with van der Waals surface area (Å²) in [6.45, 7) is 4.23. The van der Waals surface area contributed by atoms with Crippen molar-refractivity contribution < 1.29 is 9.53 Å². The standard InChI is InChI=1S/C13H20N2O2/c1-10(14)8-9-15-13(16)11(2)17-12-6-4-3-5-7-12/h3-7,10-11H,8-9,14H2,1-2H3,(H,15,16). The fourth-order valence-corrected chi connectivity index (χ4v) is 1.32. The molecule has 1 amide bonds. The smallest absolute Gasteiger partial charge is 0.260 e. The lowest BCUT2D eigenvalue weighted by molar-refractivity contribution is -0.127. The zero-order valence-corrected chi connectivity index (χ0v) is 10.3. The van der Waals surface area contributed by atoms with E-state index in [0.717, 1.165) is 6.42 Å². The Labute approximate surface area is 102 Å². The Balaban J connectivity index is 2.32. The van der Waals surface area contributed by atoms with Crippen LogP contribution in [0.4, 0.5) is 0 Å². The van der Waals surface area contributed by atoms with Crippen molar-refractivity contribution >= 4 is 5.91 Å². The molecule has 0 bridgehead atoms. The van der Waals surface area contributed by atoms with Crippen LogP contribution in [0.15, 0.2) is 30.3 Å². The average molecular weight is 236 g/mol. The lowest BCUT2D eigenvalue weighted by Gasteiger charge is -2.15. The zero-order chi connectivity index (χ0) is 12.7. The Bertz CT molecular complexity index is 339. The molecule has 0 radical (unpaired) electrons. The van der Waals surface area contributed by atoms with Crippen LogP contribution in [-0.2, 0) is 4.79 Å². The predicted octanol–water partition coefficient (Wildman–Crippen LogP) is 1.31. The highest BCUT2D eigenvalue weighted by Gasteiger charge is 2.13. The van der Waals surface area contributed by atoms with E-state index in [1.54, 1.807) is 6.92 Å². The van der Waals surface area contributed by atoms with Gasteiger partial charge in [-0.1, -0.05) is 18.2 Å². The van der Waals surface area contributed by atoms with Crippen LogP contribution < -0.4 is 15.8 Å². The van der Waals surface area contributed by atoms with E-state index < -0.39 is 6.10 Å². The Morgan fingerprint density at radius 1 is 1.35 bits per heavy atom. The number of ether oxygens (including phenoxy) is 1. The molecule has 1 rings (SSSR count). The third-order valence-electron chi connectivity index (χ3n) is 2.32. The van der Waals surface area contributed by atoms with Gasteiger partial charge >= 0.3 is 0 Å². The molecule has 1 aromatic rings. The van der Waals surface area contributed by atoms with Crippen molar-refractivity contribution in [3.8, 4) is 5.75 Å². The van der Waals surface area contributed by atoms with E-state index >= 15 is 0 Å². The van der Waals surface area contributed by atoms with E-state index in [9.17, 15) is 4.79 Å². The van der Waals surface area contributed by atoms with Gasteiger partial charge in [0.2, 0.25) is 0 Å². The molecule has 0 heterocycles. The van der Waals surface area contributed by atoms with Gasteiger partial charge in [0.25, 0.3) is 5.91 Å². The molecule has 4 heteroatoms. The first-order valence-electron chi connectivity index (χ1n) is 5.84. The molecular weight excluding hydrogens is 216 g/mol. The monoisotopic (exact) mass is 236 g/mol. The molecule has 0 aromatic heterocycles. The van der Waals surface area contributed by atoms with Crippen molar-refractivity contribution in [2.24, 2.45) is 5.73 Å². The SMILES string of the molecule is CC(N)CCNC(=O)C(C)Oc1ccccc1. The Morgan fingerprint density at radius 3 is 2.59 bits per heavy atom. The van der Waals surface area contributed by atoms with E-state index in [1.165, 1.54) is 0 Å². The van der Waals surface area contributed by atoms with Crippen molar-refractivity contribution in [3.63, 3.8) is 0 Å². The number of hydrogen-bond acceptors (Lipinski definition) is 3. The van der Waals surface area contributed by atoms with Gasteiger partial charge in [0.05, 0.1) is 0 Å². The summed E-state index contributed by atoms with van der Waals surface area (Å²) in [5, 5.41) is 2.79. The summed E-state index contributed by atoms with van der Waals surface area (Å²) in [7, 11) is 0. The lowest BCUT2D eigenvalue weighted by atomic mass is 10.2. The molecule has 0 spiro atoms. The number of hydrogen-bond donors (Lipinski definition) is 2. The summed E-state index contributed by atoms with van der Waals surface area (Å²) in [6.07, 6.45) is 0.273.